The van der Waals surface area contributed by atoms with E-state index in [1.165, 1.54) is 10.0 Å². The van der Waals surface area contributed by atoms with Crippen molar-refractivity contribution in [3.05, 3.63) is 58.2 Å². The molecule has 2 aromatic carbocycles. The Morgan fingerprint density at radius 1 is 0.875 bits per heavy atom. The number of urea groups is 1. The first kappa shape index (κ1) is 16.8. The number of para-hydroxylation sites is 1. The fourth-order valence-corrected chi connectivity index (χ4v) is 2.53. The van der Waals surface area contributed by atoms with Crippen LogP contribution in [0.5, 0.6) is 0 Å². The average Bonchev–Trinajstić information content (AvgIpc) is 2.56. The van der Waals surface area contributed by atoms with Gasteiger partial charge in [0.2, 0.25) is 0 Å². The van der Waals surface area contributed by atoms with E-state index in [9.17, 15) is 4.79 Å². The Balaban J connectivity index is 2.05. The van der Waals surface area contributed by atoms with Crippen LogP contribution in [0.4, 0.5) is 16.2 Å². The van der Waals surface area contributed by atoms with Crippen molar-refractivity contribution in [1.82, 2.24) is 5.43 Å². The topological polar surface area (TPSA) is 50.0 Å². The van der Waals surface area contributed by atoms with E-state index in [2.05, 4.69) is 33.1 Å². The maximum atomic E-state index is 12.9. The van der Waals surface area contributed by atoms with Crippen molar-refractivity contribution in [2.75, 3.05) is 10.0 Å². The fraction of sp³-hybridized carbons (Fsp3) is 0.222. The SMILES string of the molecule is CC(C)(C)C1=NN(c2ccccc2)C(=O)N(c2ccc(I)cc2)[N]1. The molecule has 1 aliphatic heterocycles. The van der Waals surface area contributed by atoms with Gasteiger partial charge in [-0.05, 0) is 59.0 Å². The van der Waals surface area contributed by atoms with Crippen LogP contribution in [-0.4, -0.2) is 11.9 Å². The molecule has 0 spiro atoms. The van der Waals surface area contributed by atoms with E-state index < -0.39 is 0 Å². The third-order valence-electron chi connectivity index (χ3n) is 3.49. The van der Waals surface area contributed by atoms with E-state index in [-0.39, 0.29) is 11.4 Å². The lowest BCUT2D eigenvalue weighted by molar-refractivity contribution is 0.248. The molecular weight excluding hydrogens is 415 g/mol. The third-order valence-corrected chi connectivity index (χ3v) is 4.21. The number of halogens is 1. The molecule has 5 nitrogen and oxygen atoms in total. The lowest BCUT2D eigenvalue weighted by Gasteiger charge is -2.35. The molecule has 0 aliphatic carbocycles. The molecule has 1 radical (unpaired) electrons. The minimum atomic E-state index is -0.296. The van der Waals surface area contributed by atoms with Crippen LogP contribution in [0.25, 0.3) is 0 Å². The predicted octanol–water partition coefficient (Wildman–Crippen LogP) is 4.62. The van der Waals surface area contributed by atoms with Crippen LogP contribution in [0.15, 0.2) is 59.7 Å². The van der Waals surface area contributed by atoms with Gasteiger partial charge in [0.05, 0.1) is 11.4 Å². The molecule has 1 heterocycles. The molecule has 0 fully saturated rings. The number of hydrogen-bond donors (Lipinski definition) is 0. The number of rotatable bonds is 2. The minimum absolute atomic E-state index is 0.283. The number of carbonyl (C=O) groups is 1. The van der Waals surface area contributed by atoms with Crippen LogP contribution in [0.1, 0.15) is 20.8 Å². The van der Waals surface area contributed by atoms with Crippen molar-refractivity contribution in [2.45, 2.75) is 20.8 Å². The summed E-state index contributed by atoms with van der Waals surface area (Å²) in [5.74, 6) is 0.601. The van der Waals surface area contributed by atoms with Crippen LogP contribution in [0.2, 0.25) is 0 Å². The molecule has 2 aromatic rings. The molecule has 0 atom stereocenters. The number of hydrazone groups is 1. The molecule has 24 heavy (non-hydrogen) atoms. The van der Waals surface area contributed by atoms with Crippen LogP contribution < -0.4 is 15.4 Å². The molecule has 2 amide bonds. The number of benzene rings is 2. The maximum absolute atomic E-state index is 12.9. The second-order valence-corrected chi connectivity index (χ2v) is 7.74. The summed E-state index contributed by atoms with van der Waals surface area (Å²) in [6.07, 6.45) is 0. The average molecular weight is 433 g/mol. The molecule has 0 N–H and O–H groups in total. The van der Waals surface area contributed by atoms with Crippen LogP contribution in [0, 0.1) is 8.99 Å². The van der Waals surface area contributed by atoms with Crippen molar-refractivity contribution < 1.29 is 4.79 Å². The first-order valence-corrected chi connectivity index (χ1v) is 8.70. The molecule has 0 saturated heterocycles. The molecule has 6 heteroatoms. The van der Waals surface area contributed by atoms with Crippen molar-refractivity contribution >= 4 is 45.8 Å². The lowest BCUT2D eigenvalue weighted by atomic mass is 9.95. The summed E-state index contributed by atoms with van der Waals surface area (Å²) in [4.78, 5) is 12.9. The summed E-state index contributed by atoms with van der Waals surface area (Å²) >= 11 is 2.23. The predicted molar refractivity (Wildman–Crippen MR) is 105 cm³/mol. The minimum Gasteiger partial charge on any atom is -0.244 e. The molecule has 0 aromatic heterocycles. The summed E-state index contributed by atoms with van der Waals surface area (Å²) < 4.78 is 1.10. The molecule has 0 bridgehead atoms. The van der Waals surface area contributed by atoms with E-state index >= 15 is 0 Å². The van der Waals surface area contributed by atoms with Gasteiger partial charge in [-0.1, -0.05) is 39.0 Å². The van der Waals surface area contributed by atoms with Crippen molar-refractivity contribution in [3.63, 3.8) is 0 Å². The highest BCUT2D eigenvalue weighted by Crippen LogP contribution is 2.27. The normalized spacial score (nSPS) is 15.2. The number of carbonyl (C=O) groups excluding carboxylic acids is 1. The quantitative estimate of drug-likeness (QED) is 0.638. The maximum Gasteiger partial charge on any atom is 0.370 e. The van der Waals surface area contributed by atoms with E-state index in [0.29, 0.717) is 5.84 Å². The van der Waals surface area contributed by atoms with Gasteiger partial charge in [-0.25, -0.2) is 4.79 Å². The Morgan fingerprint density at radius 2 is 1.46 bits per heavy atom. The standard InChI is InChI=1S/C18H18IN4O/c1-18(2,3)16-20-22(14-7-5-4-6-8-14)17(24)23(21-16)15-11-9-13(19)10-12-15/h4-12H,1-3H3. The number of anilines is 2. The van der Waals surface area contributed by atoms with Gasteiger partial charge in [-0.2, -0.15) is 10.0 Å². The Kier molecular flexibility index (Phi) is 4.49. The number of amides is 2. The highest BCUT2D eigenvalue weighted by atomic mass is 127. The van der Waals surface area contributed by atoms with Gasteiger partial charge in [0, 0.05) is 8.99 Å². The van der Waals surface area contributed by atoms with Crippen molar-refractivity contribution in [3.8, 4) is 0 Å². The van der Waals surface area contributed by atoms with Crippen molar-refractivity contribution in [2.24, 2.45) is 10.5 Å². The Morgan fingerprint density at radius 3 is 2.04 bits per heavy atom. The third kappa shape index (κ3) is 3.38. The van der Waals surface area contributed by atoms with E-state index in [1.807, 2.05) is 75.4 Å². The van der Waals surface area contributed by atoms with Crippen LogP contribution in [0.3, 0.4) is 0 Å². The Bertz CT molecular complexity index is 766. The Labute approximate surface area is 155 Å². The van der Waals surface area contributed by atoms with E-state index in [0.717, 1.165) is 14.9 Å². The van der Waals surface area contributed by atoms with Gasteiger partial charge in [0.1, 0.15) is 0 Å². The summed E-state index contributed by atoms with van der Waals surface area (Å²) in [6, 6.07) is 16.8. The largest absolute Gasteiger partial charge is 0.370 e. The van der Waals surface area contributed by atoms with Crippen molar-refractivity contribution in [1.29, 1.82) is 0 Å². The molecule has 0 unspecified atom stereocenters. The zero-order chi connectivity index (χ0) is 17.3. The highest BCUT2D eigenvalue weighted by Gasteiger charge is 2.36. The van der Waals surface area contributed by atoms with Gasteiger partial charge in [-0.15, -0.1) is 10.5 Å². The Hall–Kier alpha value is -2.09. The molecule has 1 aliphatic rings. The van der Waals surface area contributed by atoms with Gasteiger partial charge < -0.3 is 0 Å². The molecule has 3 rings (SSSR count). The summed E-state index contributed by atoms with van der Waals surface area (Å²) in [5, 5.41) is 7.31. The summed E-state index contributed by atoms with van der Waals surface area (Å²) in [7, 11) is 0. The molecule has 0 saturated carbocycles. The number of nitrogens with zero attached hydrogens (tertiary/aromatic N) is 4. The first-order valence-electron chi connectivity index (χ1n) is 7.62. The van der Waals surface area contributed by atoms with Crippen LogP contribution in [-0.2, 0) is 0 Å². The second kappa shape index (κ2) is 6.43. The summed E-state index contributed by atoms with van der Waals surface area (Å²) in [6.45, 7) is 6.08. The highest BCUT2D eigenvalue weighted by molar-refractivity contribution is 14.1. The van der Waals surface area contributed by atoms with Gasteiger partial charge in [0.25, 0.3) is 0 Å². The molecular formula is C18H18IN4O. The van der Waals surface area contributed by atoms with Gasteiger partial charge in [0.15, 0.2) is 5.84 Å². The van der Waals surface area contributed by atoms with Gasteiger partial charge >= 0.3 is 6.03 Å². The number of amidine groups is 1. The molecule has 123 valence electrons. The fourth-order valence-electron chi connectivity index (χ4n) is 2.17. The smallest absolute Gasteiger partial charge is 0.244 e. The number of hydrogen-bond acceptors (Lipinski definition) is 2. The first-order chi connectivity index (χ1) is 11.4. The van der Waals surface area contributed by atoms with Crippen LogP contribution >= 0.6 is 22.6 Å². The monoisotopic (exact) mass is 433 g/mol. The lowest BCUT2D eigenvalue weighted by Crippen LogP contribution is -2.55. The zero-order valence-electron chi connectivity index (χ0n) is 13.8. The van der Waals surface area contributed by atoms with E-state index in [1.54, 1.807) is 0 Å². The van der Waals surface area contributed by atoms with Gasteiger partial charge in [-0.3, -0.25) is 0 Å². The summed E-state index contributed by atoms with van der Waals surface area (Å²) in [5.41, 5.74) is 5.65. The zero-order valence-corrected chi connectivity index (χ0v) is 15.9. The second-order valence-electron chi connectivity index (χ2n) is 6.49. The van der Waals surface area contributed by atoms with E-state index in [4.69, 9.17) is 0 Å².